The molecule has 0 aromatic carbocycles. The van der Waals surface area contributed by atoms with Gasteiger partial charge in [-0.2, -0.15) is 4.98 Å². The normalized spacial score (nSPS) is 10.6. The fourth-order valence-corrected chi connectivity index (χ4v) is 1.08. The molecule has 0 aliphatic carbocycles. The predicted octanol–water partition coefficient (Wildman–Crippen LogP) is 0.720. The lowest BCUT2D eigenvalue weighted by Gasteiger charge is -2.05. The monoisotopic (exact) mass is 208 g/mol. The van der Waals surface area contributed by atoms with Gasteiger partial charge in [-0.25, -0.2) is 4.98 Å². The molecule has 0 radical (unpaired) electrons. The Balaban J connectivity index is 2.60. The van der Waals surface area contributed by atoms with E-state index in [1.807, 2.05) is 19.1 Å². The van der Waals surface area contributed by atoms with Crippen LogP contribution >= 0.6 is 0 Å². The van der Waals surface area contributed by atoms with Gasteiger partial charge in [-0.15, -0.1) is 0 Å². The van der Waals surface area contributed by atoms with Crippen LogP contribution in [0.2, 0.25) is 0 Å². The summed E-state index contributed by atoms with van der Waals surface area (Å²) in [7, 11) is 1.58. The van der Waals surface area contributed by atoms with E-state index in [4.69, 9.17) is 10.5 Å². The molecule has 0 spiro atoms. The van der Waals surface area contributed by atoms with Crippen molar-refractivity contribution >= 4 is 5.82 Å². The molecule has 1 heterocycles. The molecular weight excluding hydrogens is 192 g/mol. The molecule has 0 aliphatic rings. The maximum Gasteiger partial charge on any atom is 0.218 e. The van der Waals surface area contributed by atoms with Gasteiger partial charge < -0.3 is 15.8 Å². The quantitative estimate of drug-likeness (QED) is 0.697. The number of rotatable bonds is 5. The molecule has 0 saturated heterocycles. The Bertz CT molecular complexity index is 338. The average Bonchev–Trinajstić information content (AvgIpc) is 2.23. The van der Waals surface area contributed by atoms with Crippen molar-refractivity contribution in [3.8, 4) is 5.88 Å². The van der Waals surface area contributed by atoms with Gasteiger partial charge in [0, 0.05) is 19.2 Å². The Morgan fingerprint density at radius 1 is 1.47 bits per heavy atom. The van der Waals surface area contributed by atoms with Crippen molar-refractivity contribution in [2.24, 2.45) is 5.73 Å². The fraction of sp³-hybridized carbons (Fsp3) is 0.400. The number of aryl methyl sites for hydroxylation is 1. The molecule has 0 atom stereocenters. The van der Waals surface area contributed by atoms with Crippen molar-refractivity contribution in [3.05, 3.63) is 24.0 Å². The van der Waals surface area contributed by atoms with Crippen LogP contribution in [0.15, 0.2) is 18.2 Å². The number of aromatic nitrogens is 2. The summed E-state index contributed by atoms with van der Waals surface area (Å²) < 4.78 is 5.03. The molecule has 0 amide bonds. The minimum absolute atomic E-state index is 0.549. The van der Waals surface area contributed by atoms with Crippen molar-refractivity contribution < 1.29 is 4.74 Å². The predicted molar refractivity (Wildman–Crippen MR) is 60.0 cm³/mol. The van der Waals surface area contributed by atoms with E-state index >= 15 is 0 Å². The molecule has 0 saturated carbocycles. The minimum Gasteiger partial charge on any atom is -0.481 e. The molecule has 5 heteroatoms. The lowest BCUT2D eigenvalue weighted by Crippen LogP contribution is -2.04. The highest BCUT2D eigenvalue weighted by molar-refractivity contribution is 5.38. The van der Waals surface area contributed by atoms with Gasteiger partial charge in [-0.05, 0) is 6.92 Å². The highest BCUT2D eigenvalue weighted by atomic mass is 16.5. The zero-order chi connectivity index (χ0) is 11.1. The summed E-state index contributed by atoms with van der Waals surface area (Å²) in [5.41, 5.74) is 5.32. The van der Waals surface area contributed by atoms with Crippen LogP contribution in [0.1, 0.15) is 5.82 Å². The van der Waals surface area contributed by atoms with Crippen LogP contribution in [0.5, 0.6) is 5.88 Å². The number of hydrogen-bond donors (Lipinski definition) is 2. The second-order valence-electron chi connectivity index (χ2n) is 2.93. The number of nitrogens with zero attached hydrogens (tertiary/aromatic N) is 2. The number of methoxy groups -OCH3 is 1. The van der Waals surface area contributed by atoms with E-state index in [1.54, 1.807) is 13.2 Å². The van der Waals surface area contributed by atoms with Crippen LogP contribution < -0.4 is 15.8 Å². The Morgan fingerprint density at radius 2 is 2.27 bits per heavy atom. The first kappa shape index (κ1) is 11.5. The van der Waals surface area contributed by atoms with E-state index in [9.17, 15) is 0 Å². The molecule has 0 unspecified atom stereocenters. The first-order valence-corrected chi connectivity index (χ1v) is 4.75. The first-order valence-electron chi connectivity index (χ1n) is 4.75. The van der Waals surface area contributed by atoms with E-state index in [2.05, 4.69) is 15.3 Å². The summed E-state index contributed by atoms with van der Waals surface area (Å²) in [6.45, 7) is 3.06. The Labute approximate surface area is 89.4 Å². The molecule has 15 heavy (non-hydrogen) atoms. The van der Waals surface area contributed by atoms with Crippen molar-refractivity contribution in [3.63, 3.8) is 0 Å². The second kappa shape index (κ2) is 5.98. The lowest BCUT2D eigenvalue weighted by molar-refractivity contribution is 0.396. The van der Waals surface area contributed by atoms with Crippen molar-refractivity contribution in [2.75, 3.05) is 25.5 Å². The third-order valence-electron chi connectivity index (χ3n) is 1.73. The molecule has 5 nitrogen and oxygen atoms in total. The summed E-state index contributed by atoms with van der Waals surface area (Å²) in [4.78, 5) is 8.30. The molecule has 0 bridgehead atoms. The Morgan fingerprint density at radius 3 is 2.93 bits per heavy atom. The van der Waals surface area contributed by atoms with Gasteiger partial charge in [0.15, 0.2) is 0 Å². The van der Waals surface area contributed by atoms with E-state index in [0.29, 0.717) is 24.8 Å². The van der Waals surface area contributed by atoms with Crippen LogP contribution in [-0.2, 0) is 0 Å². The summed E-state index contributed by atoms with van der Waals surface area (Å²) in [6.07, 6.45) is 3.84. The van der Waals surface area contributed by atoms with Gasteiger partial charge in [0.2, 0.25) is 5.88 Å². The van der Waals surface area contributed by atoms with Crippen LogP contribution in [0, 0.1) is 6.92 Å². The first-order chi connectivity index (χ1) is 7.26. The standard InChI is InChI=1S/C10H16N4O/c1-8-13-9(7-10(14-8)15-2)12-6-4-3-5-11/h3-4,7H,5-6,11H2,1-2H3,(H,12,13,14)/b4-3+. The van der Waals surface area contributed by atoms with Crippen molar-refractivity contribution in [1.82, 2.24) is 9.97 Å². The molecule has 1 rings (SSSR count). The number of nitrogens with two attached hydrogens (primary N) is 1. The Kier molecular flexibility index (Phi) is 4.56. The number of anilines is 1. The molecule has 1 aromatic heterocycles. The summed E-state index contributed by atoms with van der Waals surface area (Å²) >= 11 is 0. The van der Waals surface area contributed by atoms with Gasteiger partial charge >= 0.3 is 0 Å². The topological polar surface area (TPSA) is 73.1 Å². The molecule has 1 aromatic rings. The molecule has 82 valence electrons. The zero-order valence-electron chi connectivity index (χ0n) is 9.03. The van der Waals surface area contributed by atoms with Crippen LogP contribution in [0.4, 0.5) is 5.82 Å². The highest BCUT2D eigenvalue weighted by Crippen LogP contribution is 2.11. The summed E-state index contributed by atoms with van der Waals surface area (Å²) in [5.74, 6) is 1.99. The third-order valence-corrected chi connectivity index (χ3v) is 1.73. The van der Waals surface area contributed by atoms with Gasteiger partial charge in [0.1, 0.15) is 11.6 Å². The van der Waals surface area contributed by atoms with Gasteiger partial charge in [-0.1, -0.05) is 12.2 Å². The fourth-order valence-electron chi connectivity index (χ4n) is 1.08. The third kappa shape index (κ3) is 3.95. The van der Waals surface area contributed by atoms with E-state index in [-0.39, 0.29) is 0 Å². The maximum atomic E-state index is 5.32. The van der Waals surface area contributed by atoms with Crippen LogP contribution in [0.3, 0.4) is 0 Å². The van der Waals surface area contributed by atoms with Gasteiger partial charge in [0.05, 0.1) is 7.11 Å². The number of nitrogens with one attached hydrogen (secondary N) is 1. The van der Waals surface area contributed by atoms with Gasteiger partial charge in [-0.3, -0.25) is 0 Å². The highest BCUT2D eigenvalue weighted by Gasteiger charge is 1.99. The minimum atomic E-state index is 0.549. The molecule has 3 N–H and O–H groups in total. The van der Waals surface area contributed by atoms with E-state index in [1.165, 1.54) is 0 Å². The maximum absolute atomic E-state index is 5.32. The molecule has 0 aliphatic heterocycles. The zero-order valence-corrected chi connectivity index (χ0v) is 9.03. The SMILES string of the molecule is COc1cc(NC/C=C/CN)nc(C)n1. The second-order valence-corrected chi connectivity index (χ2v) is 2.93. The average molecular weight is 208 g/mol. The van der Waals surface area contributed by atoms with Gasteiger partial charge in [0.25, 0.3) is 0 Å². The van der Waals surface area contributed by atoms with Crippen molar-refractivity contribution in [1.29, 1.82) is 0 Å². The summed E-state index contributed by atoms with van der Waals surface area (Å²) in [5, 5.41) is 3.12. The largest absolute Gasteiger partial charge is 0.481 e. The Hall–Kier alpha value is -1.62. The summed E-state index contributed by atoms with van der Waals surface area (Å²) in [6, 6.07) is 1.75. The van der Waals surface area contributed by atoms with Crippen LogP contribution in [-0.4, -0.2) is 30.2 Å². The number of hydrogen-bond acceptors (Lipinski definition) is 5. The number of ether oxygens (including phenoxy) is 1. The van der Waals surface area contributed by atoms with E-state index < -0.39 is 0 Å². The lowest BCUT2D eigenvalue weighted by atomic mass is 10.4. The van der Waals surface area contributed by atoms with Crippen LogP contribution in [0.25, 0.3) is 0 Å². The van der Waals surface area contributed by atoms with E-state index in [0.717, 1.165) is 5.82 Å². The van der Waals surface area contributed by atoms with Crippen molar-refractivity contribution in [2.45, 2.75) is 6.92 Å². The molecular formula is C10H16N4O. The molecule has 0 fully saturated rings. The smallest absolute Gasteiger partial charge is 0.218 e.